The Morgan fingerprint density at radius 3 is 2.94 bits per heavy atom. The Morgan fingerprint density at radius 2 is 2.17 bits per heavy atom. The minimum Gasteiger partial charge on any atom is -0.383 e. The molecular formula is C11H14N4OS2. The van der Waals surface area contributed by atoms with Crippen molar-refractivity contribution in [1.29, 1.82) is 0 Å². The predicted octanol–water partition coefficient (Wildman–Crippen LogP) is 0.838. The van der Waals surface area contributed by atoms with Gasteiger partial charge in [-0.1, -0.05) is 0 Å². The van der Waals surface area contributed by atoms with Gasteiger partial charge in [-0.25, -0.2) is 9.97 Å². The summed E-state index contributed by atoms with van der Waals surface area (Å²) in [7, 11) is -0.644. The third-order valence-electron chi connectivity index (χ3n) is 3.04. The lowest BCUT2D eigenvalue weighted by Gasteiger charge is -2.25. The molecular weight excluding hydrogens is 268 g/mol. The Balaban J connectivity index is 1.80. The number of thiophene rings is 1. The second-order valence-corrected chi connectivity index (χ2v) is 6.88. The molecule has 0 atom stereocenters. The molecule has 0 aliphatic carbocycles. The zero-order valence-corrected chi connectivity index (χ0v) is 11.5. The first kappa shape index (κ1) is 12.0. The van der Waals surface area contributed by atoms with E-state index in [-0.39, 0.29) is 0 Å². The van der Waals surface area contributed by atoms with Crippen molar-refractivity contribution in [2.24, 2.45) is 0 Å². The molecule has 1 aliphatic rings. The van der Waals surface area contributed by atoms with Gasteiger partial charge in [-0.3, -0.25) is 9.11 Å². The van der Waals surface area contributed by atoms with Crippen molar-refractivity contribution >= 4 is 38.2 Å². The number of aromatic nitrogens is 2. The average Bonchev–Trinajstić information content (AvgIpc) is 2.81. The van der Waals surface area contributed by atoms with Gasteiger partial charge in [0.1, 0.15) is 16.5 Å². The van der Waals surface area contributed by atoms with Gasteiger partial charge in [0.05, 0.1) is 11.9 Å². The van der Waals surface area contributed by atoms with Crippen molar-refractivity contribution in [2.45, 2.75) is 6.54 Å². The molecule has 2 aromatic heterocycles. The Hall–Kier alpha value is -1.05. The topological polar surface area (TPSA) is 72.1 Å². The van der Waals surface area contributed by atoms with Crippen molar-refractivity contribution in [3.05, 3.63) is 17.3 Å². The summed E-state index contributed by atoms with van der Waals surface area (Å²) in [6, 6.07) is 1.95. The zero-order chi connectivity index (χ0) is 12.5. The largest absolute Gasteiger partial charge is 0.383 e. The number of hydrogen-bond acceptors (Lipinski definition) is 6. The van der Waals surface area contributed by atoms with E-state index in [9.17, 15) is 4.21 Å². The van der Waals surface area contributed by atoms with Gasteiger partial charge in [0, 0.05) is 35.4 Å². The third kappa shape index (κ3) is 2.38. The molecule has 18 heavy (non-hydrogen) atoms. The fraction of sp³-hybridized carbons (Fsp3) is 0.455. The highest BCUT2D eigenvalue weighted by Gasteiger charge is 2.17. The van der Waals surface area contributed by atoms with Gasteiger partial charge in [0.2, 0.25) is 0 Å². The molecule has 1 fully saturated rings. The third-order valence-corrected chi connectivity index (χ3v) is 5.12. The Labute approximate surface area is 111 Å². The summed E-state index contributed by atoms with van der Waals surface area (Å²) in [6.07, 6.45) is 0. The highest BCUT2D eigenvalue weighted by atomic mass is 32.2. The van der Waals surface area contributed by atoms with Crippen molar-refractivity contribution < 1.29 is 4.21 Å². The van der Waals surface area contributed by atoms with E-state index in [1.54, 1.807) is 11.3 Å². The summed E-state index contributed by atoms with van der Waals surface area (Å²) in [4.78, 5) is 12.0. The first-order chi connectivity index (χ1) is 8.72. The van der Waals surface area contributed by atoms with E-state index in [1.807, 2.05) is 11.4 Å². The summed E-state index contributed by atoms with van der Waals surface area (Å²) in [5, 5.41) is 2.91. The van der Waals surface area contributed by atoms with Crippen molar-refractivity contribution in [3.8, 4) is 0 Å². The van der Waals surface area contributed by atoms with E-state index in [1.165, 1.54) is 0 Å². The average molecular weight is 282 g/mol. The van der Waals surface area contributed by atoms with Gasteiger partial charge in [-0.05, 0) is 11.4 Å². The van der Waals surface area contributed by atoms with Crippen molar-refractivity contribution in [2.75, 3.05) is 30.3 Å². The SMILES string of the molecule is Nc1nc(CN2CCS(=O)CC2)nc2sccc12. The van der Waals surface area contributed by atoms with Crippen molar-refractivity contribution in [3.63, 3.8) is 0 Å². The number of nitrogens with zero attached hydrogens (tertiary/aromatic N) is 3. The minimum absolute atomic E-state index is 0.553. The number of nitrogen functional groups attached to an aromatic ring is 1. The van der Waals surface area contributed by atoms with Crippen LogP contribution in [0.5, 0.6) is 0 Å². The van der Waals surface area contributed by atoms with Crippen LogP contribution in [0.3, 0.4) is 0 Å². The number of anilines is 1. The second-order valence-electron chi connectivity index (χ2n) is 4.29. The summed E-state index contributed by atoms with van der Waals surface area (Å²) in [5.41, 5.74) is 5.92. The molecule has 1 saturated heterocycles. The second kappa shape index (κ2) is 4.91. The molecule has 7 heteroatoms. The van der Waals surface area contributed by atoms with Crippen LogP contribution < -0.4 is 5.73 Å². The molecule has 1 aliphatic heterocycles. The Kier molecular flexibility index (Phi) is 3.27. The molecule has 0 saturated carbocycles. The maximum Gasteiger partial charge on any atom is 0.146 e. The van der Waals surface area contributed by atoms with Gasteiger partial charge < -0.3 is 5.73 Å². The Bertz CT molecular complexity index is 588. The molecule has 0 radical (unpaired) electrons. The van der Waals surface area contributed by atoms with Crippen LogP contribution in [0, 0.1) is 0 Å². The number of rotatable bonds is 2. The summed E-state index contributed by atoms with van der Waals surface area (Å²) in [6.45, 7) is 2.38. The summed E-state index contributed by atoms with van der Waals surface area (Å²) >= 11 is 1.58. The fourth-order valence-electron chi connectivity index (χ4n) is 2.03. The number of fused-ring (bicyclic) bond motifs is 1. The van der Waals surface area contributed by atoms with Crippen LogP contribution >= 0.6 is 11.3 Å². The van der Waals surface area contributed by atoms with Gasteiger partial charge in [0.25, 0.3) is 0 Å². The Morgan fingerprint density at radius 1 is 1.39 bits per heavy atom. The minimum atomic E-state index is -0.644. The maximum atomic E-state index is 11.3. The standard InChI is InChI=1S/C11H14N4OS2/c12-10-8-1-4-17-11(8)14-9(13-10)7-15-2-5-18(16)6-3-15/h1,4H,2-3,5-7H2,(H2,12,13,14). The molecule has 3 rings (SSSR count). The highest BCUT2D eigenvalue weighted by Crippen LogP contribution is 2.23. The smallest absolute Gasteiger partial charge is 0.146 e. The molecule has 0 bridgehead atoms. The summed E-state index contributed by atoms with van der Waals surface area (Å²) < 4.78 is 11.3. The normalized spacial score (nSPS) is 18.4. The molecule has 0 aromatic carbocycles. The van der Waals surface area contributed by atoms with Gasteiger partial charge in [-0.15, -0.1) is 11.3 Å². The van der Waals surface area contributed by atoms with Crippen LogP contribution in [0.4, 0.5) is 5.82 Å². The molecule has 0 spiro atoms. The van der Waals surface area contributed by atoms with E-state index in [0.29, 0.717) is 12.4 Å². The monoisotopic (exact) mass is 282 g/mol. The van der Waals surface area contributed by atoms with Crippen LogP contribution in [0.2, 0.25) is 0 Å². The predicted molar refractivity (Wildman–Crippen MR) is 75.0 cm³/mol. The number of hydrogen-bond donors (Lipinski definition) is 1. The zero-order valence-electron chi connectivity index (χ0n) is 9.83. The highest BCUT2D eigenvalue weighted by molar-refractivity contribution is 7.85. The van der Waals surface area contributed by atoms with E-state index >= 15 is 0 Å². The summed E-state index contributed by atoms with van der Waals surface area (Å²) in [5.74, 6) is 2.81. The molecule has 2 aromatic rings. The lowest BCUT2D eigenvalue weighted by molar-refractivity contribution is 0.284. The van der Waals surface area contributed by atoms with Crippen LogP contribution in [0.1, 0.15) is 5.82 Å². The molecule has 3 heterocycles. The van der Waals surface area contributed by atoms with E-state index in [4.69, 9.17) is 5.73 Å². The van der Waals surface area contributed by atoms with E-state index < -0.39 is 10.8 Å². The van der Waals surface area contributed by atoms with Crippen LogP contribution in [0.25, 0.3) is 10.2 Å². The fourth-order valence-corrected chi connectivity index (χ4v) is 3.95. The van der Waals surface area contributed by atoms with Gasteiger partial charge >= 0.3 is 0 Å². The van der Waals surface area contributed by atoms with Crippen LogP contribution in [-0.2, 0) is 17.3 Å². The quantitative estimate of drug-likeness (QED) is 0.883. The first-order valence-electron chi connectivity index (χ1n) is 5.79. The van der Waals surface area contributed by atoms with Crippen LogP contribution in [0.15, 0.2) is 11.4 Å². The number of nitrogens with two attached hydrogens (primary N) is 1. The van der Waals surface area contributed by atoms with Crippen molar-refractivity contribution in [1.82, 2.24) is 14.9 Å². The maximum absolute atomic E-state index is 11.3. The molecule has 0 unspecified atom stereocenters. The van der Waals surface area contributed by atoms with Crippen LogP contribution in [-0.4, -0.2) is 43.7 Å². The lowest BCUT2D eigenvalue weighted by atomic mass is 10.3. The molecule has 5 nitrogen and oxygen atoms in total. The molecule has 2 N–H and O–H groups in total. The van der Waals surface area contributed by atoms with Gasteiger partial charge in [-0.2, -0.15) is 0 Å². The lowest BCUT2D eigenvalue weighted by Crippen LogP contribution is -2.37. The van der Waals surface area contributed by atoms with Gasteiger partial charge in [0.15, 0.2) is 0 Å². The van der Waals surface area contributed by atoms with E-state index in [2.05, 4.69) is 14.9 Å². The van der Waals surface area contributed by atoms with E-state index in [0.717, 1.165) is 40.6 Å². The molecule has 0 amide bonds. The molecule has 96 valence electrons. The first-order valence-corrected chi connectivity index (χ1v) is 8.16.